The standard InChI is InChI=1S/C28H34N6O3/c1-28(2,3)37-27(36)34-15-13-19(14-16-34)17-30-25-23(24(29)31-18-32-25)20-9-11-21(12-10-20)26(35)33-22-7-5-4-6-8-22/h4-12,18-19H,13-17H2,1-3H3,(H,33,35)(H3,29,30,31,32). The van der Waals surface area contributed by atoms with Gasteiger partial charge in [-0.05, 0) is 69.4 Å². The first-order chi connectivity index (χ1) is 17.7. The summed E-state index contributed by atoms with van der Waals surface area (Å²) in [7, 11) is 0. The zero-order chi connectivity index (χ0) is 26.4. The van der Waals surface area contributed by atoms with Crippen LogP contribution in [0.15, 0.2) is 60.9 Å². The smallest absolute Gasteiger partial charge is 0.410 e. The lowest BCUT2D eigenvalue weighted by Gasteiger charge is -2.33. The van der Waals surface area contributed by atoms with Gasteiger partial charge in [-0.15, -0.1) is 0 Å². The van der Waals surface area contributed by atoms with Gasteiger partial charge in [-0.25, -0.2) is 14.8 Å². The van der Waals surface area contributed by atoms with Gasteiger partial charge in [0.2, 0.25) is 0 Å². The Kier molecular flexibility index (Phi) is 7.91. The Morgan fingerprint density at radius 3 is 2.35 bits per heavy atom. The Labute approximate surface area is 217 Å². The predicted octanol–water partition coefficient (Wildman–Crippen LogP) is 5.04. The summed E-state index contributed by atoms with van der Waals surface area (Å²) < 4.78 is 5.49. The van der Waals surface area contributed by atoms with Crippen molar-refractivity contribution >= 4 is 29.3 Å². The summed E-state index contributed by atoms with van der Waals surface area (Å²) in [5, 5.41) is 6.31. The van der Waals surface area contributed by atoms with Crippen molar-refractivity contribution in [2.24, 2.45) is 5.92 Å². The molecule has 4 rings (SSSR count). The number of anilines is 3. The number of hydrogen-bond acceptors (Lipinski definition) is 7. The van der Waals surface area contributed by atoms with Gasteiger partial charge in [-0.2, -0.15) is 0 Å². The quantitative estimate of drug-likeness (QED) is 0.432. The first-order valence-electron chi connectivity index (χ1n) is 12.5. The summed E-state index contributed by atoms with van der Waals surface area (Å²) >= 11 is 0. The lowest BCUT2D eigenvalue weighted by molar-refractivity contribution is 0.0188. The van der Waals surface area contributed by atoms with Gasteiger partial charge in [0.1, 0.15) is 23.6 Å². The second-order valence-electron chi connectivity index (χ2n) is 10.2. The minimum absolute atomic E-state index is 0.189. The molecule has 1 aliphatic heterocycles. The van der Waals surface area contributed by atoms with Crippen LogP contribution in [0.5, 0.6) is 0 Å². The third-order valence-corrected chi connectivity index (χ3v) is 6.17. The molecule has 1 fully saturated rings. The maximum absolute atomic E-state index is 12.6. The lowest BCUT2D eigenvalue weighted by atomic mass is 9.97. The Hall–Kier alpha value is -4.14. The number of nitrogens with zero attached hydrogens (tertiary/aromatic N) is 3. The summed E-state index contributed by atoms with van der Waals surface area (Å²) in [6, 6.07) is 16.5. The van der Waals surface area contributed by atoms with Crippen molar-refractivity contribution in [2.75, 3.05) is 36.0 Å². The van der Waals surface area contributed by atoms with E-state index in [1.54, 1.807) is 17.0 Å². The molecule has 1 aromatic heterocycles. The van der Waals surface area contributed by atoms with Crippen LogP contribution in [0.25, 0.3) is 11.1 Å². The second-order valence-corrected chi connectivity index (χ2v) is 10.2. The number of nitrogens with one attached hydrogen (secondary N) is 2. The number of benzene rings is 2. The fourth-order valence-electron chi connectivity index (χ4n) is 4.22. The molecule has 1 aliphatic rings. The highest BCUT2D eigenvalue weighted by molar-refractivity contribution is 6.04. The molecule has 0 spiro atoms. The molecule has 0 bridgehead atoms. The van der Waals surface area contributed by atoms with Gasteiger partial charge in [0.25, 0.3) is 5.91 Å². The number of likely N-dealkylation sites (tertiary alicyclic amines) is 1. The molecule has 2 amide bonds. The summed E-state index contributed by atoms with van der Waals surface area (Å²) in [6.45, 7) is 7.64. The van der Waals surface area contributed by atoms with Crippen LogP contribution in [0, 0.1) is 5.92 Å². The normalized spacial score (nSPS) is 14.2. The Morgan fingerprint density at radius 1 is 1.03 bits per heavy atom. The number of amides is 2. The molecule has 4 N–H and O–H groups in total. The van der Waals surface area contributed by atoms with Gasteiger partial charge < -0.3 is 26.0 Å². The molecule has 0 atom stereocenters. The van der Waals surface area contributed by atoms with Crippen LogP contribution in [0.1, 0.15) is 44.0 Å². The van der Waals surface area contributed by atoms with E-state index < -0.39 is 5.60 Å². The number of rotatable bonds is 6. The van der Waals surface area contributed by atoms with Crippen LogP contribution < -0.4 is 16.4 Å². The second kappa shape index (κ2) is 11.3. The van der Waals surface area contributed by atoms with Gasteiger partial charge >= 0.3 is 6.09 Å². The van der Waals surface area contributed by atoms with E-state index in [0.29, 0.717) is 48.3 Å². The summed E-state index contributed by atoms with van der Waals surface area (Å²) in [5.41, 5.74) is 8.53. The van der Waals surface area contributed by atoms with Gasteiger partial charge in [-0.3, -0.25) is 4.79 Å². The topological polar surface area (TPSA) is 122 Å². The van der Waals surface area contributed by atoms with Crippen LogP contribution in [-0.4, -0.2) is 52.1 Å². The van der Waals surface area contributed by atoms with E-state index in [4.69, 9.17) is 10.5 Å². The predicted molar refractivity (Wildman–Crippen MR) is 145 cm³/mol. The highest BCUT2D eigenvalue weighted by Crippen LogP contribution is 2.31. The first-order valence-corrected chi connectivity index (χ1v) is 12.5. The highest BCUT2D eigenvalue weighted by Gasteiger charge is 2.27. The van der Waals surface area contributed by atoms with E-state index in [9.17, 15) is 9.59 Å². The van der Waals surface area contributed by atoms with E-state index in [1.165, 1.54) is 6.33 Å². The number of hydrogen-bond donors (Lipinski definition) is 3. The Morgan fingerprint density at radius 2 is 1.70 bits per heavy atom. The van der Waals surface area contributed by atoms with Crippen molar-refractivity contribution < 1.29 is 14.3 Å². The zero-order valence-corrected chi connectivity index (χ0v) is 21.5. The molecule has 37 heavy (non-hydrogen) atoms. The Balaban J connectivity index is 1.38. The van der Waals surface area contributed by atoms with E-state index in [2.05, 4.69) is 20.6 Å². The van der Waals surface area contributed by atoms with Crippen molar-refractivity contribution in [1.29, 1.82) is 0 Å². The number of ether oxygens (including phenoxy) is 1. The molecule has 0 aliphatic carbocycles. The van der Waals surface area contributed by atoms with Crippen molar-refractivity contribution in [3.8, 4) is 11.1 Å². The minimum Gasteiger partial charge on any atom is -0.444 e. The van der Waals surface area contributed by atoms with E-state index in [1.807, 2.05) is 63.2 Å². The van der Waals surface area contributed by atoms with E-state index in [-0.39, 0.29) is 12.0 Å². The maximum atomic E-state index is 12.6. The monoisotopic (exact) mass is 502 g/mol. The van der Waals surface area contributed by atoms with Crippen LogP contribution >= 0.6 is 0 Å². The fourth-order valence-corrected chi connectivity index (χ4v) is 4.22. The highest BCUT2D eigenvalue weighted by atomic mass is 16.6. The van der Waals surface area contributed by atoms with Gasteiger partial charge in [0, 0.05) is 30.9 Å². The number of aromatic nitrogens is 2. The maximum Gasteiger partial charge on any atom is 0.410 e. The molecule has 2 heterocycles. The van der Waals surface area contributed by atoms with Crippen molar-refractivity contribution in [1.82, 2.24) is 14.9 Å². The number of carbonyl (C=O) groups excluding carboxylic acids is 2. The number of nitrogens with two attached hydrogens (primary N) is 1. The molecular formula is C28H34N6O3. The van der Waals surface area contributed by atoms with Crippen molar-refractivity contribution in [3.05, 3.63) is 66.5 Å². The van der Waals surface area contributed by atoms with Crippen molar-refractivity contribution in [3.63, 3.8) is 0 Å². The van der Waals surface area contributed by atoms with Gasteiger partial charge in [0.05, 0.1) is 5.56 Å². The number of nitrogen functional groups attached to an aromatic ring is 1. The number of carbonyl (C=O) groups is 2. The average Bonchev–Trinajstić information content (AvgIpc) is 2.87. The summed E-state index contributed by atoms with van der Waals surface area (Å²) in [4.78, 5) is 35.3. The van der Waals surface area contributed by atoms with E-state index in [0.717, 1.165) is 24.1 Å². The SMILES string of the molecule is CC(C)(C)OC(=O)N1CCC(CNc2ncnc(N)c2-c2ccc(C(=O)Nc3ccccc3)cc2)CC1. The third kappa shape index (κ3) is 6.97. The Bertz CT molecular complexity index is 1220. The molecule has 2 aromatic carbocycles. The molecule has 9 heteroatoms. The fraction of sp³-hybridized carbons (Fsp3) is 0.357. The van der Waals surface area contributed by atoms with Crippen LogP contribution in [-0.2, 0) is 4.74 Å². The summed E-state index contributed by atoms with van der Waals surface area (Å²) in [6.07, 6.45) is 2.92. The van der Waals surface area contributed by atoms with Crippen LogP contribution in [0.2, 0.25) is 0 Å². The molecule has 0 saturated carbocycles. The first kappa shape index (κ1) is 25.9. The molecule has 0 unspecified atom stereocenters. The molecule has 0 radical (unpaired) electrons. The number of para-hydroxylation sites is 1. The van der Waals surface area contributed by atoms with E-state index >= 15 is 0 Å². The molecular weight excluding hydrogens is 468 g/mol. The van der Waals surface area contributed by atoms with Gasteiger partial charge in [0.15, 0.2) is 0 Å². The van der Waals surface area contributed by atoms with Crippen molar-refractivity contribution in [2.45, 2.75) is 39.2 Å². The minimum atomic E-state index is -0.497. The zero-order valence-electron chi connectivity index (χ0n) is 21.5. The third-order valence-electron chi connectivity index (χ3n) is 6.17. The largest absolute Gasteiger partial charge is 0.444 e. The lowest BCUT2D eigenvalue weighted by Crippen LogP contribution is -2.42. The molecule has 1 saturated heterocycles. The van der Waals surface area contributed by atoms with Gasteiger partial charge in [-0.1, -0.05) is 30.3 Å². The number of piperidine rings is 1. The van der Waals surface area contributed by atoms with Crippen LogP contribution in [0.4, 0.5) is 22.1 Å². The molecule has 3 aromatic rings. The molecule has 194 valence electrons. The average molecular weight is 503 g/mol. The summed E-state index contributed by atoms with van der Waals surface area (Å²) in [5.74, 6) is 1.19. The molecule has 9 nitrogen and oxygen atoms in total. The van der Waals surface area contributed by atoms with Crippen LogP contribution in [0.3, 0.4) is 0 Å².